The maximum atomic E-state index is 12.2. The number of esters is 1. The predicted molar refractivity (Wildman–Crippen MR) is 99.4 cm³/mol. The van der Waals surface area contributed by atoms with Crippen molar-refractivity contribution in [3.8, 4) is 0 Å². The summed E-state index contributed by atoms with van der Waals surface area (Å²) in [7, 11) is 0. The Bertz CT molecular complexity index is 741. The fourth-order valence-corrected chi connectivity index (χ4v) is 3.49. The van der Waals surface area contributed by atoms with Gasteiger partial charge in [-0.3, -0.25) is 0 Å². The molecule has 7 nitrogen and oxygen atoms in total. The second kappa shape index (κ2) is 7.48. The van der Waals surface area contributed by atoms with E-state index in [9.17, 15) is 14.7 Å². The van der Waals surface area contributed by atoms with E-state index < -0.39 is 11.7 Å². The Balaban J connectivity index is 1.56. The van der Waals surface area contributed by atoms with Gasteiger partial charge in [-0.2, -0.15) is 0 Å². The lowest BCUT2D eigenvalue weighted by Crippen LogP contribution is -2.54. The van der Waals surface area contributed by atoms with Crippen LogP contribution in [-0.2, 0) is 22.6 Å². The molecular formula is C20H28N2O5. The van der Waals surface area contributed by atoms with Crippen molar-refractivity contribution in [1.82, 2.24) is 10.2 Å². The molecule has 2 atom stereocenters. The number of carbonyl (C=O) groups excluding carboxylic acids is 2. The Morgan fingerprint density at radius 2 is 2.15 bits per heavy atom. The molecule has 0 spiro atoms. The molecule has 1 fully saturated rings. The van der Waals surface area contributed by atoms with E-state index in [-0.39, 0.29) is 24.6 Å². The first-order valence-corrected chi connectivity index (χ1v) is 9.33. The molecule has 0 bridgehead atoms. The van der Waals surface area contributed by atoms with Crippen LogP contribution in [0.5, 0.6) is 0 Å². The molecule has 148 valence electrons. The maximum Gasteiger partial charge on any atom is 0.410 e. The molecule has 0 radical (unpaired) electrons. The fourth-order valence-electron chi connectivity index (χ4n) is 3.49. The van der Waals surface area contributed by atoms with Gasteiger partial charge >= 0.3 is 12.1 Å². The summed E-state index contributed by atoms with van der Waals surface area (Å²) < 4.78 is 10.5. The first-order chi connectivity index (χ1) is 12.7. The quantitative estimate of drug-likeness (QED) is 0.786. The summed E-state index contributed by atoms with van der Waals surface area (Å²) in [6.07, 6.45) is -0.406. The number of amides is 1. The Kier molecular flexibility index (Phi) is 5.44. The number of benzene rings is 1. The Labute approximate surface area is 159 Å². The third-order valence-electron chi connectivity index (χ3n) is 5.07. The van der Waals surface area contributed by atoms with Crippen molar-refractivity contribution in [2.75, 3.05) is 13.1 Å². The molecule has 0 saturated carbocycles. The van der Waals surface area contributed by atoms with Crippen LogP contribution in [0, 0.1) is 6.92 Å². The van der Waals surface area contributed by atoms with Crippen LogP contribution in [-0.4, -0.2) is 52.9 Å². The minimum atomic E-state index is -0.661. The second-order valence-corrected chi connectivity index (χ2v) is 8.22. The highest BCUT2D eigenvalue weighted by Crippen LogP contribution is 2.26. The third-order valence-corrected chi connectivity index (χ3v) is 5.07. The topological polar surface area (TPSA) is 88.1 Å². The van der Waals surface area contributed by atoms with Gasteiger partial charge in [0.1, 0.15) is 12.2 Å². The van der Waals surface area contributed by atoms with E-state index in [0.717, 1.165) is 16.7 Å². The molecule has 2 N–H and O–H groups in total. The SMILES string of the molecule is Cc1c(CN[C@H]2CCN(C(=O)OC(C)(C)C)C[C@H]2O)ccc2c1COC2=O. The number of β-amino-alcohol motifs (C(OH)–C–C–N with tert-alkyl or cyclic N) is 1. The highest BCUT2D eigenvalue weighted by atomic mass is 16.6. The summed E-state index contributed by atoms with van der Waals surface area (Å²) in [6.45, 7) is 9.16. The van der Waals surface area contributed by atoms with Crippen LogP contribution in [0.3, 0.4) is 0 Å². The van der Waals surface area contributed by atoms with Crippen molar-refractivity contribution >= 4 is 12.1 Å². The second-order valence-electron chi connectivity index (χ2n) is 8.22. The zero-order valence-corrected chi connectivity index (χ0v) is 16.4. The molecule has 7 heteroatoms. The zero-order chi connectivity index (χ0) is 19.8. The highest BCUT2D eigenvalue weighted by molar-refractivity contribution is 5.93. The third kappa shape index (κ3) is 4.42. The van der Waals surface area contributed by atoms with Crippen molar-refractivity contribution in [3.63, 3.8) is 0 Å². The van der Waals surface area contributed by atoms with Gasteiger partial charge in [-0.25, -0.2) is 9.59 Å². The molecule has 2 aliphatic heterocycles. The number of hydrogen-bond acceptors (Lipinski definition) is 6. The normalized spacial score (nSPS) is 22.4. The van der Waals surface area contributed by atoms with E-state index in [4.69, 9.17) is 9.47 Å². The number of nitrogens with one attached hydrogen (secondary N) is 1. The lowest BCUT2D eigenvalue weighted by atomic mass is 9.97. The van der Waals surface area contributed by atoms with E-state index in [1.165, 1.54) is 0 Å². The van der Waals surface area contributed by atoms with Crippen molar-refractivity contribution in [1.29, 1.82) is 0 Å². The number of aliphatic hydroxyl groups is 1. The number of nitrogens with zero attached hydrogens (tertiary/aromatic N) is 1. The summed E-state index contributed by atoms with van der Waals surface area (Å²) in [5.41, 5.74) is 3.16. The fraction of sp³-hybridized carbons (Fsp3) is 0.600. The summed E-state index contributed by atoms with van der Waals surface area (Å²) >= 11 is 0. The Morgan fingerprint density at radius 3 is 2.81 bits per heavy atom. The highest BCUT2D eigenvalue weighted by Gasteiger charge is 2.32. The van der Waals surface area contributed by atoms with Crippen molar-refractivity contribution in [2.45, 2.75) is 65.0 Å². The largest absolute Gasteiger partial charge is 0.457 e. The van der Waals surface area contributed by atoms with Crippen LogP contribution >= 0.6 is 0 Å². The van der Waals surface area contributed by atoms with Crippen molar-refractivity contribution < 1.29 is 24.2 Å². The van der Waals surface area contributed by atoms with Gasteiger partial charge in [-0.1, -0.05) is 6.07 Å². The van der Waals surface area contributed by atoms with E-state index in [0.29, 0.717) is 31.7 Å². The first kappa shape index (κ1) is 19.6. The van der Waals surface area contributed by atoms with Crippen molar-refractivity contribution in [3.05, 3.63) is 34.4 Å². The lowest BCUT2D eigenvalue weighted by Gasteiger charge is -2.37. The molecule has 3 rings (SSSR count). The van der Waals surface area contributed by atoms with Gasteiger partial charge in [0.25, 0.3) is 0 Å². The van der Waals surface area contributed by atoms with Gasteiger partial charge in [-0.15, -0.1) is 0 Å². The minimum absolute atomic E-state index is 0.103. The average Bonchev–Trinajstić information content (AvgIpc) is 2.95. The lowest BCUT2D eigenvalue weighted by molar-refractivity contribution is -0.00490. The summed E-state index contributed by atoms with van der Waals surface area (Å²) in [5.74, 6) is -0.266. The monoisotopic (exact) mass is 376 g/mol. The molecule has 1 saturated heterocycles. The van der Waals surface area contributed by atoms with Crippen LogP contribution in [0.15, 0.2) is 12.1 Å². The van der Waals surface area contributed by atoms with Gasteiger partial charge in [0, 0.05) is 24.7 Å². The van der Waals surface area contributed by atoms with Crippen LogP contribution < -0.4 is 5.32 Å². The summed E-state index contributed by atoms with van der Waals surface area (Å²) in [5, 5.41) is 13.8. The average molecular weight is 376 g/mol. The standard InChI is InChI=1S/C20H28N2O5/c1-12-13(5-6-14-15(12)11-26-18(14)24)9-21-16-7-8-22(10-17(16)23)19(25)27-20(2,3)4/h5-6,16-17,21,23H,7-11H2,1-4H3/t16-,17+/m0/s1. The van der Waals surface area contributed by atoms with Gasteiger partial charge in [0.05, 0.1) is 18.2 Å². The predicted octanol–water partition coefficient (Wildman–Crippen LogP) is 2.13. The molecule has 2 aliphatic rings. The number of rotatable bonds is 3. The summed E-state index contributed by atoms with van der Waals surface area (Å²) in [4.78, 5) is 25.3. The first-order valence-electron chi connectivity index (χ1n) is 9.33. The van der Waals surface area contributed by atoms with Gasteiger partial charge in [0.15, 0.2) is 0 Å². The van der Waals surface area contributed by atoms with Gasteiger partial charge in [0.2, 0.25) is 0 Å². The number of carbonyl (C=O) groups is 2. The van der Waals surface area contributed by atoms with Crippen LogP contribution in [0.2, 0.25) is 0 Å². The number of ether oxygens (including phenoxy) is 2. The number of cyclic esters (lactones) is 1. The van der Waals surface area contributed by atoms with Crippen molar-refractivity contribution in [2.24, 2.45) is 0 Å². The maximum absolute atomic E-state index is 12.2. The zero-order valence-electron chi connectivity index (χ0n) is 16.4. The Morgan fingerprint density at radius 1 is 1.41 bits per heavy atom. The molecule has 1 aromatic rings. The number of aliphatic hydroxyl groups excluding tert-OH is 1. The Hall–Kier alpha value is -2.12. The molecule has 0 unspecified atom stereocenters. The van der Waals surface area contributed by atoms with E-state index in [2.05, 4.69) is 5.32 Å². The van der Waals surface area contributed by atoms with Gasteiger partial charge < -0.3 is 24.8 Å². The molecule has 2 heterocycles. The number of piperidine rings is 1. The molecule has 1 amide bonds. The molecule has 0 aromatic heterocycles. The number of fused-ring (bicyclic) bond motifs is 1. The van der Waals surface area contributed by atoms with Crippen LogP contribution in [0.1, 0.15) is 54.2 Å². The number of likely N-dealkylation sites (tertiary alicyclic amines) is 1. The van der Waals surface area contributed by atoms with E-state index >= 15 is 0 Å². The van der Waals surface area contributed by atoms with E-state index in [1.54, 1.807) is 11.0 Å². The van der Waals surface area contributed by atoms with Crippen LogP contribution in [0.25, 0.3) is 0 Å². The molecular weight excluding hydrogens is 348 g/mol. The number of hydrogen-bond donors (Lipinski definition) is 2. The van der Waals surface area contributed by atoms with Gasteiger partial charge in [-0.05, 0) is 51.3 Å². The van der Waals surface area contributed by atoms with Crippen LogP contribution in [0.4, 0.5) is 4.79 Å². The smallest absolute Gasteiger partial charge is 0.410 e. The molecule has 1 aromatic carbocycles. The minimum Gasteiger partial charge on any atom is -0.457 e. The molecule has 0 aliphatic carbocycles. The van der Waals surface area contributed by atoms with E-state index in [1.807, 2.05) is 33.8 Å². The molecule has 27 heavy (non-hydrogen) atoms. The summed E-state index contributed by atoms with van der Waals surface area (Å²) in [6, 6.07) is 3.63.